The van der Waals surface area contributed by atoms with Gasteiger partial charge < -0.3 is 19.6 Å². The maximum Gasteiger partial charge on any atom is 0.246 e. The molecule has 0 N–H and O–H groups in total. The lowest BCUT2D eigenvalue weighted by Gasteiger charge is -2.40. The molecule has 36 heavy (non-hydrogen) atoms. The summed E-state index contributed by atoms with van der Waals surface area (Å²) in [6.07, 6.45) is 2.26. The van der Waals surface area contributed by atoms with E-state index in [1.807, 2.05) is 11.0 Å². The highest BCUT2D eigenvalue weighted by atomic mass is 16.2. The molecule has 4 heterocycles. The van der Waals surface area contributed by atoms with Crippen molar-refractivity contribution in [3.8, 4) is 6.07 Å². The van der Waals surface area contributed by atoms with Crippen LogP contribution >= 0.6 is 0 Å². The van der Waals surface area contributed by atoms with Gasteiger partial charge in [0, 0.05) is 77.6 Å². The van der Waals surface area contributed by atoms with Crippen LogP contribution in [0.5, 0.6) is 0 Å². The number of amides is 1. The number of aromatic nitrogens is 1. The topological polar surface area (TPSA) is 70.0 Å². The smallest absolute Gasteiger partial charge is 0.246 e. The van der Waals surface area contributed by atoms with Crippen molar-refractivity contribution in [3.05, 3.63) is 65.2 Å². The summed E-state index contributed by atoms with van der Waals surface area (Å²) in [5.41, 5.74) is 4.35. The molecule has 5 rings (SSSR count). The molecule has 2 aromatic rings. The van der Waals surface area contributed by atoms with E-state index >= 15 is 0 Å². The van der Waals surface area contributed by atoms with E-state index in [0.29, 0.717) is 13.1 Å². The van der Waals surface area contributed by atoms with Gasteiger partial charge in [-0.05, 0) is 30.7 Å². The van der Waals surface area contributed by atoms with Gasteiger partial charge >= 0.3 is 0 Å². The van der Waals surface area contributed by atoms with Gasteiger partial charge in [0.15, 0.2) is 0 Å². The third-order valence-corrected chi connectivity index (χ3v) is 7.66. The lowest BCUT2D eigenvalue weighted by molar-refractivity contribution is -0.126. The zero-order chi connectivity index (χ0) is 25.1. The first kappa shape index (κ1) is 24.3. The van der Waals surface area contributed by atoms with Crippen LogP contribution in [0.15, 0.2) is 43.0 Å². The highest BCUT2D eigenvalue weighted by Crippen LogP contribution is 2.36. The van der Waals surface area contributed by atoms with Crippen LogP contribution in [0, 0.1) is 11.3 Å². The van der Waals surface area contributed by atoms with Gasteiger partial charge in [0.2, 0.25) is 5.91 Å². The number of nitriles is 1. The van der Waals surface area contributed by atoms with Crippen LogP contribution < -0.4 is 9.80 Å². The van der Waals surface area contributed by atoms with Gasteiger partial charge in [-0.1, -0.05) is 36.9 Å². The summed E-state index contributed by atoms with van der Waals surface area (Å²) in [6, 6.07) is 13.1. The van der Waals surface area contributed by atoms with Crippen molar-refractivity contribution >= 4 is 17.5 Å². The molecule has 3 aliphatic rings. The standard InChI is InChI=1S/C28H35N7O/c1-3-26(36)33-15-17-35(18-16-33)27-23-9-10-32(20-22-7-5-4-6-8-22)21-25(23)24(19-29)28(30-27)34-13-11-31(2)12-14-34/h3-8H,1,9-18,20-21H2,2H3. The predicted molar refractivity (Wildman–Crippen MR) is 142 cm³/mol. The summed E-state index contributed by atoms with van der Waals surface area (Å²) in [7, 11) is 2.14. The number of nitrogens with zero attached hydrogens (tertiary/aromatic N) is 7. The van der Waals surface area contributed by atoms with Crippen molar-refractivity contribution in [3.63, 3.8) is 0 Å². The molecule has 1 aromatic carbocycles. The van der Waals surface area contributed by atoms with Crippen molar-refractivity contribution in [2.24, 2.45) is 0 Å². The van der Waals surface area contributed by atoms with E-state index in [-0.39, 0.29) is 5.91 Å². The van der Waals surface area contributed by atoms with Crippen molar-refractivity contribution in [1.82, 2.24) is 19.7 Å². The van der Waals surface area contributed by atoms with E-state index in [0.717, 1.165) is 88.1 Å². The average molecular weight is 486 g/mol. The molecule has 3 aliphatic heterocycles. The molecule has 1 amide bonds. The third-order valence-electron chi connectivity index (χ3n) is 7.66. The Morgan fingerprint density at radius 2 is 1.64 bits per heavy atom. The minimum absolute atomic E-state index is 0.0147. The average Bonchev–Trinajstić information content (AvgIpc) is 2.93. The fourth-order valence-corrected chi connectivity index (χ4v) is 5.52. The van der Waals surface area contributed by atoms with E-state index in [9.17, 15) is 10.1 Å². The van der Waals surface area contributed by atoms with Crippen LogP contribution in [-0.4, -0.2) is 91.5 Å². The third kappa shape index (κ3) is 4.95. The molecule has 0 aliphatic carbocycles. The Hall–Kier alpha value is -3.41. The molecule has 2 saturated heterocycles. The SMILES string of the molecule is C=CC(=O)N1CCN(c2nc(N3CCN(C)CC3)c(C#N)c3c2CCN(Cc2ccccc2)C3)CC1. The van der Waals surface area contributed by atoms with Gasteiger partial charge in [0.1, 0.15) is 17.7 Å². The molecule has 2 fully saturated rings. The van der Waals surface area contributed by atoms with E-state index in [1.54, 1.807) is 0 Å². The maximum absolute atomic E-state index is 12.1. The van der Waals surface area contributed by atoms with Crippen molar-refractivity contribution < 1.29 is 4.79 Å². The normalized spacial score (nSPS) is 19.1. The van der Waals surface area contributed by atoms with Crippen LogP contribution in [0.1, 0.15) is 22.3 Å². The fraction of sp³-hybridized carbons (Fsp3) is 0.464. The van der Waals surface area contributed by atoms with Gasteiger partial charge in [-0.2, -0.15) is 5.26 Å². The monoisotopic (exact) mass is 485 g/mol. The van der Waals surface area contributed by atoms with E-state index in [1.165, 1.54) is 17.2 Å². The van der Waals surface area contributed by atoms with Crippen LogP contribution in [0.4, 0.5) is 11.6 Å². The first-order valence-electron chi connectivity index (χ1n) is 12.9. The summed E-state index contributed by atoms with van der Waals surface area (Å²) in [5.74, 6) is 1.81. The number of hydrogen-bond acceptors (Lipinski definition) is 7. The second-order valence-electron chi connectivity index (χ2n) is 9.96. The zero-order valence-electron chi connectivity index (χ0n) is 21.2. The summed E-state index contributed by atoms with van der Waals surface area (Å²) >= 11 is 0. The second kappa shape index (κ2) is 10.7. The Bertz CT molecular complexity index is 1140. The highest BCUT2D eigenvalue weighted by molar-refractivity contribution is 5.87. The molecule has 8 nitrogen and oxygen atoms in total. The maximum atomic E-state index is 12.1. The number of carbonyl (C=O) groups excluding carboxylic acids is 1. The molecule has 0 unspecified atom stereocenters. The van der Waals surface area contributed by atoms with Crippen molar-refractivity contribution in [2.75, 3.05) is 75.8 Å². The molecule has 0 radical (unpaired) electrons. The van der Waals surface area contributed by atoms with Gasteiger partial charge in [0.05, 0.1) is 5.56 Å². The second-order valence-corrected chi connectivity index (χ2v) is 9.96. The summed E-state index contributed by atoms with van der Waals surface area (Å²) in [6.45, 7) is 12.6. The van der Waals surface area contributed by atoms with E-state index < -0.39 is 0 Å². The molecule has 0 atom stereocenters. The largest absolute Gasteiger partial charge is 0.353 e. The quantitative estimate of drug-likeness (QED) is 0.601. The van der Waals surface area contributed by atoms with Gasteiger partial charge in [0.25, 0.3) is 0 Å². The molecular weight excluding hydrogens is 450 g/mol. The number of rotatable bonds is 5. The van der Waals surface area contributed by atoms with Gasteiger partial charge in [-0.15, -0.1) is 0 Å². The van der Waals surface area contributed by atoms with E-state index in [4.69, 9.17) is 4.98 Å². The first-order valence-corrected chi connectivity index (χ1v) is 12.9. The number of benzene rings is 1. The van der Waals surface area contributed by atoms with Crippen LogP contribution in [0.2, 0.25) is 0 Å². The number of carbonyl (C=O) groups is 1. The van der Waals surface area contributed by atoms with Crippen LogP contribution in [-0.2, 0) is 24.3 Å². The summed E-state index contributed by atoms with van der Waals surface area (Å²) in [5, 5.41) is 10.3. The fourth-order valence-electron chi connectivity index (χ4n) is 5.52. The minimum atomic E-state index is -0.0147. The van der Waals surface area contributed by atoms with Gasteiger partial charge in [-0.25, -0.2) is 4.98 Å². The number of piperazine rings is 2. The zero-order valence-corrected chi connectivity index (χ0v) is 21.2. The molecule has 1 aromatic heterocycles. The number of anilines is 2. The van der Waals surface area contributed by atoms with Crippen LogP contribution in [0.25, 0.3) is 0 Å². The Labute approximate surface area is 214 Å². The summed E-state index contributed by atoms with van der Waals surface area (Å²) in [4.78, 5) is 28.5. The number of fused-ring (bicyclic) bond motifs is 1. The number of likely N-dealkylation sites (N-methyl/N-ethyl adjacent to an activating group) is 1. The number of hydrogen-bond donors (Lipinski definition) is 0. The Kier molecular flexibility index (Phi) is 7.21. The molecule has 0 bridgehead atoms. The van der Waals surface area contributed by atoms with Crippen molar-refractivity contribution in [2.45, 2.75) is 19.5 Å². The molecule has 0 saturated carbocycles. The lowest BCUT2D eigenvalue weighted by Crippen LogP contribution is -2.49. The summed E-state index contributed by atoms with van der Waals surface area (Å²) < 4.78 is 0. The molecule has 188 valence electrons. The van der Waals surface area contributed by atoms with Gasteiger partial charge in [-0.3, -0.25) is 9.69 Å². The molecule has 8 heteroatoms. The van der Waals surface area contributed by atoms with Crippen molar-refractivity contribution in [1.29, 1.82) is 5.26 Å². The Morgan fingerprint density at radius 1 is 0.972 bits per heavy atom. The number of pyridine rings is 1. The molecule has 0 spiro atoms. The molecular formula is C28H35N7O. The van der Waals surface area contributed by atoms with Crippen LogP contribution in [0.3, 0.4) is 0 Å². The Balaban J connectivity index is 1.49. The van der Waals surface area contributed by atoms with E-state index in [2.05, 4.69) is 63.6 Å². The highest BCUT2D eigenvalue weighted by Gasteiger charge is 2.31. The minimum Gasteiger partial charge on any atom is -0.353 e. The predicted octanol–water partition coefficient (Wildman–Crippen LogP) is 2.10. The lowest BCUT2D eigenvalue weighted by atomic mass is 9.94. The first-order chi connectivity index (χ1) is 17.6. The Morgan fingerprint density at radius 3 is 2.31 bits per heavy atom.